The molecule has 0 aliphatic carbocycles. The first-order chi connectivity index (χ1) is 10.3. The molecule has 0 radical (unpaired) electrons. The molecule has 1 N–H and O–H groups in total. The summed E-state index contributed by atoms with van der Waals surface area (Å²) in [7, 11) is 3.34. The molecule has 2 rings (SSSR count). The fourth-order valence-electron chi connectivity index (χ4n) is 2.57. The van der Waals surface area contributed by atoms with E-state index in [1.807, 2.05) is 6.07 Å². The van der Waals surface area contributed by atoms with Gasteiger partial charge < -0.3 is 19.5 Å². The molecule has 1 aliphatic heterocycles. The zero-order valence-corrected chi connectivity index (χ0v) is 13.9. The number of ether oxygens (including phenoxy) is 3. The van der Waals surface area contributed by atoms with Crippen LogP contribution in [0.15, 0.2) is 17.0 Å². The van der Waals surface area contributed by atoms with Crippen molar-refractivity contribution in [2.75, 3.05) is 33.6 Å². The Hall–Kier alpha value is -0.910. The van der Waals surface area contributed by atoms with Gasteiger partial charge in [0.2, 0.25) is 0 Å². The first kappa shape index (κ1) is 16.5. The Balaban J connectivity index is 1.97. The van der Waals surface area contributed by atoms with Crippen molar-refractivity contribution >= 4 is 11.8 Å². The largest absolute Gasteiger partial charge is 0.493 e. The second-order valence-electron chi connectivity index (χ2n) is 5.14. The highest BCUT2D eigenvalue weighted by Crippen LogP contribution is 2.34. The second-order valence-corrected chi connectivity index (χ2v) is 5.99. The monoisotopic (exact) mass is 311 g/mol. The summed E-state index contributed by atoms with van der Waals surface area (Å²) in [4.78, 5) is 1.21. The Labute approximate surface area is 131 Å². The predicted molar refractivity (Wildman–Crippen MR) is 86.6 cm³/mol. The Kier molecular flexibility index (Phi) is 6.67. The minimum absolute atomic E-state index is 0.358. The van der Waals surface area contributed by atoms with E-state index in [1.54, 1.807) is 26.0 Å². The average Bonchev–Trinajstić information content (AvgIpc) is 2.55. The lowest BCUT2D eigenvalue weighted by atomic mass is 10.1. The van der Waals surface area contributed by atoms with Crippen LogP contribution in [0.2, 0.25) is 0 Å². The van der Waals surface area contributed by atoms with Crippen LogP contribution < -0.4 is 14.8 Å². The quantitative estimate of drug-likeness (QED) is 0.784. The van der Waals surface area contributed by atoms with Gasteiger partial charge in [-0.15, -0.1) is 11.8 Å². The van der Waals surface area contributed by atoms with Gasteiger partial charge in [-0.25, -0.2) is 0 Å². The van der Waals surface area contributed by atoms with E-state index in [0.717, 1.165) is 37.6 Å². The third kappa shape index (κ3) is 4.53. The van der Waals surface area contributed by atoms with E-state index in [-0.39, 0.29) is 0 Å². The molecule has 1 aromatic rings. The second kappa shape index (κ2) is 8.51. The smallest absolute Gasteiger partial charge is 0.161 e. The van der Waals surface area contributed by atoms with E-state index in [0.29, 0.717) is 6.10 Å². The Bertz CT molecular complexity index is 447. The number of nitrogens with one attached hydrogen (secondary N) is 1. The molecule has 4 nitrogen and oxygen atoms in total. The highest BCUT2D eigenvalue weighted by molar-refractivity contribution is 7.98. The van der Waals surface area contributed by atoms with Gasteiger partial charge in [-0.3, -0.25) is 0 Å². The molecule has 1 heterocycles. The highest BCUT2D eigenvalue weighted by Gasteiger charge is 2.14. The average molecular weight is 311 g/mol. The Morgan fingerprint density at radius 2 is 2.00 bits per heavy atom. The molecule has 0 amide bonds. The summed E-state index contributed by atoms with van der Waals surface area (Å²) < 4.78 is 16.5. The number of benzene rings is 1. The number of methoxy groups -OCH3 is 2. The summed E-state index contributed by atoms with van der Waals surface area (Å²) in [6, 6.07) is 4.09. The molecule has 5 heteroatoms. The molecular formula is C16H25NO3S. The highest BCUT2D eigenvalue weighted by atomic mass is 32.2. The van der Waals surface area contributed by atoms with Crippen LogP contribution in [0.25, 0.3) is 0 Å². The molecule has 1 atom stereocenters. The van der Waals surface area contributed by atoms with Crippen molar-refractivity contribution in [1.82, 2.24) is 5.32 Å². The molecule has 21 heavy (non-hydrogen) atoms. The minimum Gasteiger partial charge on any atom is -0.493 e. The van der Waals surface area contributed by atoms with Gasteiger partial charge in [0.25, 0.3) is 0 Å². The van der Waals surface area contributed by atoms with E-state index in [4.69, 9.17) is 14.2 Å². The Morgan fingerprint density at radius 3 is 2.62 bits per heavy atom. The van der Waals surface area contributed by atoms with Crippen molar-refractivity contribution in [3.05, 3.63) is 17.7 Å². The molecule has 1 saturated heterocycles. The molecule has 1 aromatic carbocycles. The van der Waals surface area contributed by atoms with Crippen molar-refractivity contribution in [3.63, 3.8) is 0 Å². The molecule has 1 unspecified atom stereocenters. The minimum atomic E-state index is 0.358. The van der Waals surface area contributed by atoms with Crippen LogP contribution in [0, 0.1) is 0 Å². The lowest BCUT2D eigenvalue weighted by Crippen LogP contribution is -2.31. The Morgan fingerprint density at radius 1 is 1.24 bits per heavy atom. The summed E-state index contributed by atoms with van der Waals surface area (Å²) in [5.74, 6) is 1.56. The van der Waals surface area contributed by atoms with Crippen molar-refractivity contribution in [1.29, 1.82) is 0 Å². The molecule has 1 fully saturated rings. The number of rotatable bonds is 7. The first-order valence-electron chi connectivity index (χ1n) is 7.39. The molecule has 0 bridgehead atoms. The van der Waals surface area contributed by atoms with Gasteiger partial charge in [-0.05, 0) is 43.2 Å². The summed E-state index contributed by atoms with van der Waals surface area (Å²) in [5, 5.41) is 3.50. The van der Waals surface area contributed by atoms with E-state index < -0.39 is 0 Å². The lowest BCUT2D eigenvalue weighted by Gasteiger charge is -2.23. The molecule has 1 aliphatic rings. The van der Waals surface area contributed by atoms with E-state index in [2.05, 4.69) is 17.6 Å². The summed E-state index contributed by atoms with van der Waals surface area (Å²) in [6.45, 7) is 2.62. The summed E-state index contributed by atoms with van der Waals surface area (Å²) in [5.41, 5.74) is 1.23. The summed E-state index contributed by atoms with van der Waals surface area (Å²) in [6.07, 6.45) is 6.07. The maximum Gasteiger partial charge on any atom is 0.161 e. The molecule has 0 spiro atoms. The van der Waals surface area contributed by atoms with Crippen LogP contribution in [0.3, 0.4) is 0 Å². The van der Waals surface area contributed by atoms with Gasteiger partial charge in [-0.1, -0.05) is 0 Å². The van der Waals surface area contributed by atoms with E-state index in [9.17, 15) is 0 Å². The third-order valence-corrected chi connectivity index (χ3v) is 4.57. The van der Waals surface area contributed by atoms with Crippen molar-refractivity contribution < 1.29 is 14.2 Å². The first-order valence-corrected chi connectivity index (χ1v) is 8.62. The summed E-state index contributed by atoms with van der Waals surface area (Å²) >= 11 is 1.72. The zero-order valence-electron chi connectivity index (χ0n) is 13.1. The maximum atomic E-state index is 5.74. The lowest BCUT2D eigenvalue weighted by molar-refractivity contribution is 0.0167. The van der Waals surface area contributed by atoms with Gasteiger partial charge in [-0.2, -0.15) is 0 Å². The number of hydrogen-bond donors (Lipinski definition) is 1. The number of thioether (sulfide) groups is 1. The fourth-order valence-corrected chi connectivity index (χ4v) is 3.18. The maximum absolute atomic E-state index is 5.74. The van der Waals surface area contributed by atoms with Crippen LogP contribution in [-0.4, -0.2) is 39.7 Å². The van der Waals surface area contributed by atoms with E-state index >= 15 is 0 Å². The molecule has 0 aromatic heterocycles. The third-order valence-electron chi connectivity index (χ3n) is 3.75. The van der Waals surface area contributed by atoms with Gasteiger partial charge in [0.05, 0.1) is 20.3 Å². The molecule has 0 saturated carbocycles. The zero-order chi connectivity index (χ0) is 15.1. The van der Waals surface area contributed by atoms with Crippen LogP contribution in [0.1, 0.15) is 24.8 Å². The van der Waals surface area contributed by atoms with Gasteiger partial charge in [0.1, 0.15) is 0 Å². The van der Waals surface area contributed by atoms with Crippen LogP contribution in [0.4, 0.5) is 0 Å². The van der Waals surface area contributed by atoms with E-state index in [1.165, 1.54) is 23.3 Å². The van der Waals surface area contributed by atoms with Crippen LogP contribution in [-0.2, 0) is 11.3 Å². The van der Waals surface area contributed by atoms with Crippen molar-refractivity contribution in [3.8, 4) is 11.5 Å². The SMILES string of the molecule is COc1cc(CNCC2CCCCO2)c(SC)cc1OC. The standard InChI is InChI=1S/C16H25NO3S/c1-18-14-8-12(16(21-3)9-15(14)19-2)10-17-11-13-6-4-5-7-20-13/h8-9,13,17H,4-7,10-11H2,1-3H3. The fraction of sp³-hybridized carbons (Fsp3) is 0.625. The molecular weight excluding hydrogens is 286 g/mol. The number of hydrogen-bond acceptors (Lipinski definition) is 5. The topological polar surface area (TPSA) is 39.7 Å². The van der Waals surface area contributed by atoms with Crippen LogP contribution >= 0.6 is 11.8 Å². The van der Waals surface area contributed by atoms with Crippen LogP contribution in [0.5, 0.6) is 11.5 Å². The van der Waals surface area contributed by atoms with Gasteiger partial charge in [0, 0.05) is 24.6 Å². The predicted octanol–water partition coefficient (Wildman–Crippen LogP) is 3.08. The normalized spacial score (nSPS) is 18.5. The van der Waals surface area contributed by atoms with Crippen molar-refractivity contribution in [2.24, 2.45) is 0 Å². The van der Waals surface area contributed by atoms with Gasteiger partial charge in [0.15, 0.2) is 11.5 Å². The van der Waals surface area contributed by atoms with Crippen molar-refractivity contribution in [2.45, 2.75) is 36.8 Å². The van der Waals surface area contributed by atoms with Gasteiger partial charge >= 0.3 is 0 Å². The molecule has 118 valence electrons.